The van der Waals surface area contributed by atoms with Gasteiger partial charge in [-0.05, 0) is 37.0 Å². The molecule has 110 valence electrons. The molecular weight excluding hydrogens is 326 g/mol. The first kappa shape index (κ1) is 15.1. The summed E-state index contributed by atoms with van der Waals surface area (Å²) in [6, 6.07) is 2.95. The van der Waals surface area contributed by atoms with Crippen LogP contribution in [0.4, 0.5) is 0 Å². The number of rotatable bonds is 6. The molecule has 1 aliphatic carbocycles. The minimum Gasteiger partial charge on any atom is -0.493 e. The van der Waals surface area contributed by atoms with Crippen molar-refractivity contribution in [3.8, 4) is 11.5 Å². The largest absolute Gasteiger partial charge is 0.493 e. The van der Waals surface area contributed by atoms with Crippen LogP contribution in [-0.4, -0.2) is 24.3 Å². The van der Waals surface area contributed by atoms with Gasteiger partial charge in [0.25, 0.3) is 0 Å². The van der Waals surface area contributed by atoms with Crippen molar-refractivity contribution in [2.75, 3.05) is 7.11 Å². The van der Waals surface area contributed by atoms with Crippen LogP contribution in [0.1, 0.15) is 37.3 Å². The second-order valence-electron chi connectivity index (χ2n) is 4.90. The number of hydrogen-bond donors (Lipinski definition) is 2. The molecule has 0 heterocycles. The van der Waals surface area contributed by atoms with E-state index >= 15 is 0 Å². The third kappa shape index (κ3) is 3.43. The topological polar surface area (TPSA) is 81.8 Å². The zero-order valence-electron chi connectivity index (χ0n) is 11.3. The Hall–Kier alpha value is -1.27. The first-order chi connectivity index (χ1) is 9.51. The van der Waals surface area contributed by atoms with E-state index in [0.29, 0.717) is 17.1 Å². The second kappa shape index (κ2) is 6.45. The Morgan fingerprint density at radius 3 is 2.70 bits per heavy atom. The van der Waals surface area contributed by atoms with E-state index in [4.69, 9.17) is 20.3 Å². The summed E-state index contributed by atoms with van der Waals surface area (Å²) < 4.78 is 11.9. The highest BCUT2D eigenvalue weighted by molar-refractivity contribution is 9.10. The van der Waals surface area contributed by atoms with E-state index in [2.05, 4.69) is 15.9 Å². The maximum absolute atomic E-state index is 10.8. The molecule has 1 atom stereocenters. The van der Waals surface area contributed by atoms with Gasteiger partial charge < -0.3 is 20.3 Å². The number of aliphatic carboxylic acids is 1. The summed E-state index contributed by atoms with van der Waals surface area (Å²) in [7, 11) is 1.58. The van der Waals surface area contributed by atoms with Gasteiger partial charge in [0.2, 0.25) is 0 Å². The highest BCUT2D eigenvalue weighted by Crippen LogP contribution is 2.38. The number of hydrogen-bond acceptors (Lipinski definition) is 4. The fraction of sp³-hybridized carbons (Fsp3) is 0.500. The van der Waals surface area contributed by atoms with Crippen LogP contribution >= 0.6 is 15.9 Å². The Labute approximate surface area is 126 Å². The Morgan fingerprint density at radius 1 is 1.50 bits per heavy atom. The fourth-order valence-corrected chi connectivity index (χ4v) is 2.67. The predicted octanol–water partition coefficient (Wildman–Crippen LogP) is 2.86. The normalized spacial score (nSPS) is 16.4. The van der Waals surface area contributed by atoms with E-state index < -0.39 is 12.0 Å². The van der Waals surface area contributed by atoms with Gasteiger partial charge in [0, 0.05) is 10.5 Å². The monoisotopic (exact) mass is 343 g/mol. The van der Waals surface area contributed by atoms with E-state index in [1.165, 1.54) is 6.42 Å². The summed E-state index contributed by atoms with van der Waals surface area (Å²) >= 11 is 3.40. The molecule has 3 N–H and O–H groups in total. The fourth-order valence-electron chi connectivity index (χ4n) is 2.05. The number of halogens is 1. The van der Waals surface area contributed by atoms with Crippen LogP contribution in [-0.2, 0) is 4.79 Å². The molecule has 1 aromatic carbocycles. The van der Waals surface area contributed by atoms with Crippen molar-refractivity contribution in [1.82, 2.24) is 0 Å². The highest BCUT2D eigenvalue weighted by atomic mass is 79.9. The van der Waals surface area contributed by atoms with Crippen molar-refractivity contribution in [1.29, 1.82) is 0 Å². The van der Waals surface area contributed by atoms with Crippen LogP contribution in [0.25, 0.3) is 0 Å². The first-order valence-corrected chi connectivity index (χ1v) is 7.32. The second-order valence-corrected chi connectivity index (χ2v) is 5.75. The van der Waals surface area contributed by atoms with Crippen LogP contribution in [0.2, 0.25) is 0 Å². The Morgan fingerprint density at radius 2 is 2.20 bits per heavy atom. The summed E-state index contributed by atoms with van der Waals surface area (Å²) in [5, 5.41) is 8.85. The van der Waals surface area contributed by atoms with E-state index in [1.54, 1.807) is 19.2 Å². The van der Waals surface area contributed by atoms with Crippen molar-refractivity contribution >= 4 is 21.9 Å². The minimum absolute atomic E-state index is 0.131. The molecule has 1 aromatic rings. The molecule has 20 heavy (non-hydrogen) atoms. The van der Waals surface area contributed by atoms with Gasteiger partial charge in [0.05, 0.1) is 19.6 Å². The van der Waals surface area contributed by atoms with Gasteiger partial charge in [-0.25, -0.2) is 0 Å². The highest BCUT2D eigenvalue weighted by Gasteiger charge is 2.23. The summed E-state index contributed by atoms with van der Waals surface area (Å²) in [6.07, 6.45) is 3.34. The Bertz CT molecular complexity index is 502. The number of carboxylic acid groups (broad SMARTS) is 1. The Kier molecular flexibility index (Phi) is 4.88. The van der Waals surface area contributed by atoms with E-state index in [1.807, 2.05) is 0 Å². The molecule has 1 aliphatic rings. The molecule has 0 aliphatic heterocycles. The van der Waals surface area contributed by atoms with Crippen LogP contribution in [0.3, 0.4) is 0 Å². The predicted molar refractivity (Wildman–Crippen MR) is 78.1 cm³/mol. The molecule has 2 rings (SSSR count). The number of benzene rings is 1. The van der Waals surface area contributed by atoms with Gasteiger partial charge in [-0.15, -0.1) is 0 Å². The number of carboxylic acids is 1. The first-order valence-electron chi connectivity index (χ1n) is 6.52. The van der Waals surface area contributed by atoms with Gasteiger partial charge in [-0.1, -0.05) is 15.9 Å². The van der Waals surface area contributed by atoms with Crippen molar-refractivity contribution in [3.05, 3.63) is 22.2 Å². The number of nitrogens with two attached hydrogens (primary N) is 1. The van der Waals surface area contributed by atoms with Crippen LogP contribution in [0.5, 0.6) is 11.5 Å². The molecular formula is C14H18BrNO4. The van der Waals surface area contributed by atoms with Gasteiger partial charge in [-0.2, -0.15) is 0 Å². The molecule has 0 saturated heterocycles. The average molecular weight is 344 g/mol. The number of carbonyl (C=O) groups is 1. The summed E-state index contributed by atoms with van der Waals surface area (Å²) in [5.41, 5.74) is 6.64. The van der Waals surface area contributed by atoms with Crippen LogP contribution in [0, 0.1) is 0 Å². The van der Waals surface area contributed by atoms with Gasteiger partial charge in [-0.3, -0.25) is 4.79 Å². The smallest absolute Gasteiger partial charge is 0.305 e. The molecule has 0 aromatic heterocycles. The third-order valence-corrected chi connectivity index (χ3v) is 4.11. The quantitative estimate of drug-likeness (QED) is 0.829. The lowest BCUT2D eigenvalue weighted by atomic mass is 9.96. The lowest BCUT2D eigenvalue weighted by molar-refractivity contribution is -0.137. The SMILES string of the molecule is COc1cc(Br)c(C(N)CC(=O)O)cc1OC1CCC1. The van der Waals surface area contributed by atoms with Crippen molar-refractivity contribution in [2.24, 2.45) is 5.73 Å². The standard InChI is InChI=1S/C14H18BrNO4/c1-19-12-6-10(15)9(11(16)7-14(17)18)5-13(12)20-8-3-2-4-8/h5-6,8,11H,2-4,7,16H2,1H3,(H,17,18). The van der Waals surface area contributed by atoms with Gasteiger partial charge in [0.1, 0.15) is 0 Å². The van der Waals surface area contributed by atoms with Crippen LogP contribution < -0.4 is 15.2 Å². The molecule has 0 bridgehead atoms. The number of methoxy groups -OCH3 is 1. The maximum Gasteiger partial charge on any atom is 0.305 e. The van der Waals surface area contributed by atoms with E-state index in [9.17, 15) is 4.79 Å². The lowest BCUT2D eigenvalue weighted by Gasteiger charge is -2.28. The zero-order chi connectivity index (χ0) is 14.7. The minimum atomic E-state index is -0.929. The van der Waals surface area contributed by atoms with Gasteiger partial charge in [0.15, 0.2) is 11.5 Å². The van der Waals surface area contributed by atoms with Crippen molar-refractivity contribution < 1.29 is 19.4 Å². The zero-order valence-corrected chi connectivity index (χ0v) is 12.9. The molecule has 6 heteroatoms. The Balaban J connectivity index is 2.26. The van der Waals surface area contributed by atoms with E-state index in [0.717, 1.165) is 17.3 Å². The van der Waals surface area contributed by atoms with Crippen LogP contribution in [0.15, 0.2) is 16.6 Å². The van der Waals surface area contributed by atoms with Crippen molar-refractivity contribution in [3.63, 3.8) is 0 Å². The summed E-state index contributed by atoms with van der Waals surface area (Å²) in [4.78, 5) is 10.8. The van der Waals surface area contributed by atoms with Gasteiger partial charge >= 0.3 is 5.97 Å². The molecule has 1 unspecified atom stereocenters. The summed E-state index contributed by atoms with van der Waals surface area (Å²) in [6.45, 7) is 0. The van der Waals surface area contributed by atoms with Crippen molar-refractivity contribution in [2.45, 2.75) is 37.8 Å². The maximum atomic E-state index is 10.8. The molecule has 0 radical (unpaired) electrons. The number of ether oxygens (including phenoxy) is 2. The molecule has 1 saturated carbocycles. The van der Waals surface area contributed by atoms with E-state index in [-0.39, 0.29) is 12.5 Å². The summed E-state index contributed by atoms with van der Waals surface area (Å²) in [5.74, 6) is 0.313. The molecule has 5 nitrogen and oxygen atoms in total. The molecule has 0 spiro atoms. The third-order valence-electron chi connectivity index (χ3n) is 3.42. The molecule has 0 amide bonds. The average Bonchev–Trinajstić information content (AvgIpc) is 2.33. The lowest BCUT2D eigenvalue weighted by Crippen LogP contribution is -2.25. The molecule has 1 fully saturated rings.